The maximum Gasteiger partial charge on any atom is 0.119 e. The van der Waals surface area contributed by atoms with Crippen LogP contribution in [-0.4, -0.2) is 53.6 Å². The van der Waals surface area contributed by atoms with E-state index in [1.165, 1.54) is 0 Å². The fourth-order valence-electron chi connectivity index (χ4n) is 2.23. The molecule has 1 aromatic carbocycles. The molecular formula is C15H24N2O3. The van der Waals surface area contributed by atoms with Crippen LogP contribution in [0.4, 0.5) is 0 Å². The van der Waals surface area contributed by atoms with Crippen molar-refractivity contribution in [3.05, 3.63) is 29.8 Å². The molecule has 4 N–H and O–H groups in total. The van der Waals surface area contributed by atoms with Gasteiger partial charge in [-0.2, -0.15) is 0 Å². The van der Waals surface area contributed by atoms with Crippen LogP contribution in [0.1, 0.15) is 18.4 Å². The Hall–Kier alpha value is -1.14. The summed E-state index contributed by atoms with van der Waals surface area (Å²) in [5.74, 6) is 0.737. The van der Waals surface area contributed by atoms with Crippen molar-refractivity contribution in [2.45, 2.75) is 31.5 Å². The molecule has 0 aliphatic heterocycles. The summed E-state index contributed by atoms with van der Waals surface area (Å²) >= 11 is 0. The third-order valence-electron chi connectivity index (χ3n) is 3.50. The summed E-state index contributed by atoms with van der Waals surface area (Å²) in [6.45, 7) is 2.07. The lowest BCUT2D eigenvalue weighted by Crippen LogP contribution is -2.38. The zero-order valence-electron chi connectivity index (χ0n) is 11.7. The van der Waals surface area contributed by atoms with Gasteiger partial charge in [-0.3, -0.25) is 4.90 Å². The first-order valence-electron chi connectivity index (χ1n) is 7.17. The van der Waals surface area contributed by atoms with Crippen molar-refractivity contribution in [2.24, 2.45) is 5.73 Å². The summed E-state index contributed by atoms with van der Waals surface area (Å²) in [6.07, 6.45) is 1.78. The summed E-state index contributed by atoms with van der Waals surface area (Å²) in [5.41, 5.74) is 6.59. The standard InChI is InChI=1S/C15H24N2O3/c16-9-12-1-5-15(6-2-12)20-11-14(19)10-17(7-8-18)13-3-4-13/h1-2,5-6,13-14,18-19H,3-4,7-11,16H2. The van der Waals surface area contributed by atoms with Gasteiger partial charge in [-0.1, -0.05) is 12.1 Å². The average Bonchev–Trinajstić information content (AvgIpc) is 3.30. The molecule has 0 amide bonds. The van der Waals surface area contributed by atoms with E-state index in [9.17, 15) is 5.11 Å². The van der Waals surface area contributed by atoms with E-state index in [-0.39, 0.29) is 13.2 Å². The van der Waals surface area contributed by atoms with Gasteiger partial charge in [0.15, 0.2) is 0 Å². The Morgan fingerprint density at radius 2 is 2.00 bits per heavy atom. The maximum atomic E-state index is 10.0. The second-order valence-electron chi connectivity index (χ2n) is 5.26. The van der Waals surface area contributed by atoms with Gasteiger partial charge < -0.3 is 20.7 Å². The van der Waals surface area contributed by atoms with Gasteiger partial charge in [0, 0.05) is 25.7 Å². The van der Waals surface area contributed by atoms with Gasteiger partial charge in [-0.25, -0.2) is 0 Å². The molecule has 1 unspecified atom stereocenters. The van der Waals surface area contributed by atoms with E-state index >= 15 is 0 Å². The van der Waals surface area contributed by atoms with Gasteiger partial charge in [0.05, 0.1) is 6.61 Å². The second-order valence-corrected chi connectivity index (χ2v) is 5.26. The average molecular weight is 280 g/mol. The fraction of sp³-hybridized carbons (Fsp3) is 0.600. The number of hydrogen-bond donors (Lipinski definition) is 3. The SMILES string of the molecule is NCc1ccc(OCC(O)CN(CCO)C2CC2)cc1. The molecule has 1 saturated carbocycles. The van der Waals surface area contributed by atoms with Crippen molar-refractivity contribution in [3.63, 3.8) is 0 Å². The fourth-order valence-corrected chi connectivity index (χ4v) is 2.23. The van der Waals surface area contributed by atoms with Gasteiger partial charge >= 0.3 is 0 Å². The van der Waals surface area contributed by atoms with Crippen LogP contribution in [0, 0.1) is 0 Å². The molecule has 20 heavy (non-hydrogen) atoms. The Morgan fingerprint density at radius 3 is 2.55 bits per heavy atom. The van der Waals surface area contributed by atoms with E-state index in [1.54, 1.807) is 0 Å². The highest BCUT2D eigenvalue weighted by Crippen LogP contribution is 2.26. The molecule has 1 atom stereocenters. The Kier molecular flexibility index (Phi) is 5.79. The maximum absolute atomic E-state index is 10.0. The van der Waals surface area contributed by atoms with E-state index in [0.717, 1.165) is 24.2 Å². The van der Waals surface area contributed by atoms with Crippen molar-refractivity contribution in [3.8, 4) is 5.75 Å². The van der Waals surface area contributed by atoms with Gasteiger partial charge in [-0.15, -0.1) is 0 Å². The molecule has 0 radical (unpaired) electrons. The Bertz CT molecular complexity index is 393. The third kappa shape index (κ3) is 4.76. The molecule has 2 rings (SSSR count). The lowest BCUT2D eigenvalue weighted by Gasteiger charge is -2.24. The number of nitrogens with two attached hydrogens (primary N) is 1. The van der Waals surface area contributed by atoms with Crippen LogP contribution in [-0.2, 0) is 6.54 Å². The second kappa shape index (κ2) is 7.59. The van der Waals surface area contributed by atoms with Crippen LogP contribution >= 0.6 is 0 Å². The first-order chi connectivity index (χ1) is 9.72. The monoisotopic (exact) mass is 280 g/mol. The molecular weight excluding hydrogens is 256 g/mol. The van der Waals surface area contributed by atoms with E-state index in [0.29, 0.717) is 25.7 Å². The van der Waals surface area contributed by atoms with Crippen LogP contribution in [0.2, 0.25) is 0 Å². The van der Waals surface area contributed by atoms with Crippen LogP contribution in [0.25, 0.3) is 0 Å². The molecule has 1 aromatic rings. The van der Waals surface area contributed by atoms with Crippen LogP contribution < -0.4 is 10.5 Å². The third-order valence-corrected chi connectivity index (χ3v) is 3.50. The minimum Gasteiger partial charge on any atom is -0.491 e. The number of benzene rings is 1. The van der Waals surface area contributed by atoms with Crippen LogP contribution in [0.15, 0.2) is 24.3 Å². The molecule has 0 heterocycles. The molecule has 1 aliphatic carbocycles. The van der Waals surface area contributed by atoms with Crippen molar-refractivity contribution in [1.29, 1.82) is 0 Å². The van der Waals surface area contributed by atoms with Crippen molar-refractivity contribution < 1.29 is 14.9 Å². The van der Waals surface area contributed by atoms with Gasteiger partial charge in [0.1, 0.15) is 18.5 Å². The van der Waals surface area contributed by atoms with E-state index < -0.39 is 6.10 Å². The summed E-state index contributed by atoms with van der Waals surface area (Å²) in [7, 11) is 0. The number of ether oxygens (including phenoxy) is 1. The summed E-state index contributed by atoms with van der Waals surface area (Å²) in [4.78, 5) is 2.13. The minimum absolute atomic E-state index is 0.130. The van der Waals surface area contributed by atoms with Crippen molar-refractivity contribution >= 4 is 0 Å². The molecule has 5 heteroatoms. The summed E-state index contributed by atoms with van der Waals surface area (Å²) in [6, 6.07) is 8.09. The zero-order chi connectivity index (χ0) is 14.4. The molecule has 5 nitrogen and oxygen atoms in total. The first-order valence-corrected chi connectivity index (χ1v) is 7.17. The molecule has 1 aliphatic rings. The van der Waals surface area contributed by atoms with Gasteiger partial charge in [-0.05, 0) is 30.5 Å². The predicted molar refractivity (Wildman–Crippen MR) is 77.5 cm³/mol. The normalized spacial score (nSPS) is 16.4. The Labute approximate surface area is 120 Å². The molecule has 1 fully saturated rings. The molecule has 0 bridgehead atoms. The highest BCUT2D eigenvalue weighted by atomic mass is 16.5. The highest BCUT2D eigenvalue weighted by Gasteiger charge is 2.29. The van der Waals surface area contributed by atoms with Crippen LogP contribution in [0.5, 0.6) is 5.75 Å². The first kappa shape index (κ1) is 15.3. The zero-order valence-corrected chi connectivity index (χ0v) is 11.7. The lowest BCUT2D eigenvalue weighted by molar-refractivity contribution is 0.0588. The number of rotatable bonds is 9. The van der Waals surface area contributed by atoms with Crippen molar-refractivity contribution in [2.75, 3.05) is 26.3 Å². The van der Waals surface area contributed by atoms with Gasteiger partial charge in [0.25, 0.3) is 0 Å². The smallest absolute Gasteiger partial charge is 0.119 e. The number of hydrogen-bond acceptors (Lipinski definition) is 5. The largest absolute Gasteiger partial charge is 0.491 e. The quantitative estimate of drug-likeness (QED) is 0.608. The highest BCUT2D eigenvalue weighted by molar-refractivity contribution is 5.27. The van der Waals surface area contributed by atoms with E-state index in [1.807, 2.05) is 24.3 Å². The molecule has 0 saturated heterocycles. The Balaban J connectivity index is 1.74. The minimum atomic E-state index is -0.545. The number of aliphatic hydroxyl groups excluding tert-OH is 2. The summed E-state index contributed by atoms with van der Waals surface area (Å²) in [5, 5.41) is 19.0. The Morgan fingerprint density at radius 1 is 1.30 bits per heavy atom. The number of nitrogens with zero attached hydrogens (tertiary/aromatic N) is 1. The molecule has 0 aromatic heterocycles. The number of aliphatic hydroxyl groups is 2. The van der Waals surface area contributed by atoms with Gasteiger partial charge in [0.2, 0.25) is 0 Å². The van der Waals surface area contributed by atoms with Crippen molar-refractivity contribution in [1.82, 2.24) is 4.90 Å². The van der Waals surface area contributed by atoms with Crippen LogP contribution in [0.3, 0.4) is 0 Å². The van der Waals surface area contributed by atoms with E-state index in [4.69, 9.17) is 15.6 Å². The molecule has 0 spiro atoms. The topological polar surface area (TPSA) is 79.0 Å². The van der Waals surface area contributed by atoms with E-state index in [2.05, 4.69) is 4.90 Å². The predicted octanol–water partition coefficient (Wildman–Crippen LogP) is 0.342. The summed E-state index contributed by atoms with van der Waals surface area (Å²) < 4.78 is 5.57. The molecule has 112 valence electrons. The lowest BCUT2D eigenvalue weighted by atomic mass is 10.2.